The molecule has 7 heteroatoms. The van der Waals surface area contributed by atoms with Gasteiger partial charge in [-0.05, 0) is 37.1 Å². The summed E-state index contributed by atoms with van der Waals surface area (Å²) < 4.78 is 5.80. The number of amides is 1. The van der Waals surface area contributed by atoms with Crippen molar-refractivity contribution in [2.45, 2.75) is 18.9 Å². The number of likely N-dealkylation sites (tertiary alicyclic amines) is 1. The zero-order valence-corrected chi connectivity index (χ0v) is 13.4. The second-order valence-electron chi connectivity index (χ2n) is 5.64. The van der Waals surface area contributed by atoms with Crippen LogP contribution in [0.15, 0.2) is 36.7 Å². The normalized spacial score (nSPS) is 16.6. The first-order valence-electron chi connectivity index (χ1n) is 7.88. The fourth-order valence-corrected chi connectivity index (χ4v) is 2.73. The summed E-state index contributed by atoms with van der Waals surface area (Å²) in [4.78, 5) is 22.3. The van der Waals surface area contributed by atoms with E-state index >= 15 is 0 Å². The van der Waals surface area contributed by atoms with E-state index in [1.807, 2.05) is 12.1 Å². The predicted molar refractivity (Wildman–Crippen MR) is 87.5 cm³/mol. The highest BCUT2D eigenvalue weighted by Crippen LogP contribution is 2.20. The average molecular weight is 333 g/mol. The Bertz CT molecular complexity index is 851. The molecular formula is C18H15N5O2. The van der Waals surface area contributed by atoms with Gasteiger partial charge in [0.15, 0.2) is 0 Å². The molecule has 7 nitrogen and oxygen atoms in total. The lowest BCUT2D eigenvalue weighted by Gasteiger charge is -2.32. The minimum Gasteiger partial charge on any atom is -0.470 e. The van der Waals surface area contributed by atoms with Gasteiger partial charge in [0.2, 0.25) is 5.69 Å². The topological polar surface area (TPSA) is 103 Å². The molecule has 0 N–H and O–H groups in total. The van der Waals surface area contributed by atoms with Crippen LogP contribution in [-0.2, 0) is 0 Å². The maximum absolute atomic E-state index is 12.6. The number of piperidine rings is 1. The Kier molecular flexibility index (Phi) is 4.87. The van der Waals surface area contributed by atoms with Crippen molar-refractivity contribution in [1.82, 2.24) is 14.9 Å². The predicted octanol–water partition coefficient (Wildman–Crippen LogP) is 1.90. The zero-order chi connectivity index (χ0) is 17.6. The highest BCUT2D eigenvalue weighted by atomic mass is 16.5. The highest BCUT2D eigenvalue weighted by molar-refractivity contribution is 5.94. The minimum atomic E-state index is -0.236. The Labute approximate surface area is 145 Å². The van der Waals surface area contributed by atoms with E-state index in [1.165, 1.54) is 12.4 Å². The first kappa shape index (κ1) is 16.4. The number of rotatable bonds is 3. The van der Waals surface area contributed by atoms with E-state index in [-0.39, 0.29) is 23.6 Å². The van der Waals surface area contributed by atoms with Crippen molar-refractivity contribution in [3.05, 3.63) is 53.5 Å². The largest absolute Gasteiger partial charge is 0.470 e. The van der Waals surface area contributed by atoms with Crippen molar-refractivity contribution in [3.8, 4) is 18.0 Å². The SMILES string of the molecule is N#Cc1ccc(C(=O)N2CCCC(Oc3nccnc3C#N)C2)cc1. The molecule has 0 spiro atoms. The van der Waals surface area contributed by atoms with Crippen molar-refractivity contribution in [1.29, 1.82) is 10.5 Å². The van der Waals surface area contributed by atoms with E-state index in [1.54, 1.807) is 29.2 Å². The van der Waals surface area contributed by atoms with Crippen LogP contribution in [0, 0.1) is 22.7 Å². The number of hydrogen-bond donors (Lipinski definition) is 0. The van der Waals surface area contributed by atoms with Gasteiger partial charge >= 0.3 is 0 Å². The number of ether oxygens (including phenoxy) is 1. The number of aromatic nitrogens is 2. The van der Waals surface area contributed by atoms with Crippen LogP contribution in [0.4, 0.5) is 0 Å². The second-order valence-corrected chi connectivity index (χ2v) is 5.64. The Morgan fingerprint density at radius 1 is 1.16 bits per heavy atom. The van der Waals surface area contributed by atoms with Gasteiger partial charge in [-0.15, -0.1) is 0 Å². The van der Waals surface area contributed by atoms with Gasteiger partial charge in [-0.25, -0.2) is 9.97 Å². The molecular weight excluding hydrogens is 318 g/mol. The smallest absolute Gasteiger partial charge is 0.253 e. The molecule has 3 rings (SSSR count). The summed E-state index contributed by atoms with van der Waals surface area (Å²) in [6, 6.07) is 10.6. The van der Waals surface area contributed by atoms with Crippen LogP contribution < -0.4 is 4.74 Å². The summed E-state index contributed by atoms with van der Waals surface area (Å²) in [5, 5.41) is 17.9. The van der Waals surface area contributed by atoms with Gasteiger partial charge in [-0.1, -0.05) is 0 Å². The number of carbonyl (C=O) groups excluding carboxylic acids is 1. The Hall–Kier alpha value is -3.45. The van der Waals surface area contributed by atoms with Crippen molar-refractivity contribution >= 4 is 5.91 Å². The summed E-state index contributed by atoms with van der Waals surface area (Å²) in [5.41, 5.74) is 1.19. The molecule has 124 valence electrons. The summed E-state index contributed by atoms with van der Waals surface area (Å²) in [6.45, 7) is 1.06. The highest BCUT2D eigenvalue weighted by Gasteiger charge is 2.26. The van der Waals surface area contributed by atoms with Crippen LogP contribution in [0.1, 0.15) is 34.5 Å². The van der Waals surface area contributed by atoms with Crippen molar-refractivity contribution in [2.75, 3.05) is 13.1 Å². The van der Waals surface area contributed by atoms with Crippen LogP contribution in [0.5, 0.6) is 5.88 Å². The number of hydrogen-bond acceptors (Lipinski definition) is 6. The van der Waals surface area contributed by atoms with Gasteiger partial charge in [-0.3, -0.25) is 4.79 Å². The summed E-state index contributed by atoms with van der Waals surface area (Å²) in [5.74, 6) is 0.0973. The fraction of sp³-hybridized carbons (Fsp3) is 0.278. The van der Waals surface area contributed by atoms with E-state index in [0.717, 1.165) is 12.8 Å². The number of nitriles is 2. The van der Waals surface area contributed by atoms with Gasteiger partial charge in [0.1, 0.15) is 12.2 Å². The molecule has 1 aliphatic heterocycles. The van der Waals surface area contributed by atoms with E-state index in [4.69, 9.17) is 15.3 Å². The van der Waals surface area contributed by atoms with Gasteiger partial charge in [0.25, 0.3) is 11.8 Å². The standard InChI is InChI=1S/C18H15N5O2/c19-10-13-3-5-14(6-4-13)18(24)23-9-1-2-15(12-23)25-17-16(11-20)21-7-8-22-17/h3-8,15H,1-2,9,12H2. The van der Waals surface area contributed by atoms with E-state index in [0.29, 0.717) is 24.2 Å². The second kappa shape index (κ2) is 7.41. The molecule has 1 fully saturated rings. The van der Waals surface area contributed by atoms with E-state index in [2.05, 4.69) is 9.97 Å². The van der Waals surface area contributed by atoms with Crippen LogP contribution in [0.3, 0.4) is 0 Å². The Balaban J connectivity index is 1.69. The third-order valence-corrected chi connectivity index (χ3v) is 3.98. The molecule has 0 aliphatic carbocycles. The summed E-state index contributed by atoms with van der Waals surface area (Å²) >= 11 is 0. The fourth-order valence-electron chi connectivity index (χ4n) is 2.73. The van der Waals surface area contributed by atoms with Gasteiger partial charge in [0.05, 0.1) is 18.2 Å². The Morgan fingerprint density at radius 2 is 1.92 bits per heavy atom. The molecule has 0 radical (unpaired) electrons. The third kappa shape index (κ3) is 3.73. The van der Waals surface area contributed by atoms with Crippen molar-refractivity contribution in [3.63, 3.8) is 0 Å². The number of carbonyl (C=O) groups is 1. The molecule has 2 aromatic rings. The lowest BCUT2D eigenvalue weighted by Crippen LogP contribution is -2.44. The number of benzene rings is 1. The van der Waals surface area contributed by atoms with Crippen molar-refractivity contribution < 1.29 is 9.53 Å². The number of nitrogens with zero attached hydrogens (tertiary/aromatic N) is 5. The van der Waals surface area contributed by atoms with Gasteiger partial charge in [-0.2, -0.15) is 10.5 Å². The Morgan fingerprint density at radius 3 is 2.64 bits per heavy atom. The molecule has 1 atom stereocenters. The zero-order valence-electron chi connectivity index (χ0n) is 13.4. The van der Waals surface area contributed by atoms with Crippen LogP contribution in [0.25, 0.3) is 0 Å². The summed E-state index contributed by atoms with van der Waals surface area (Å²) in [7, 11) is 0. The van der Waals surface area contributed by atoms with Crippen LogP contribution in [0.2, 0.25) is 0 Å². The molecule has 0 bridgehead atoms. The lowest BCUT2D eigenvalue weighted by molar-refractivity contribution is 0.0526. The molecule has 1 aromatic carbocycles. The third-order valence-electron chi connectivity index (χ3n) is 3.98. The molecule has 1 aliphatic rings. The molecule has 1 aromatic heterocycles. The van der Waals surface area contributed by atoms with Crippen molar-refractivity contribution in [2.24, 2.45) is 0 Å². The van der Waals surface area contributed by atoms with Crippen LogP contribution in [-0.4, -0.2) is 40.0 Å². The lowest BCUT2D eigenvalue weighted by atomic mass is 10.1. The van der Waals surface area contributed by atoms with Gasteiger partial charge < -0.3 is 9.64 Å². The minimum absolute atomic E-state index is 0.0996. The molecule has 1 unspecified atom stereocenters. The molecule has 1 saturated heterocycles. The quantitative estimate of drug-likeness (QED) is 0.850. The van der Waals surface area contributed by atoms with Gasteiger partial charge in [0, 0.05) is 24.5 Å². The molecule has 0 saturated carbocycles. The van der Waals surface area contributed by atoms with Crippen LogP contribution >= 0.6 is 0 Å². The molecule has 1 amide bonds. The monoisotopic (exact) mass is 333 g/mol. The maximum Gasteiger partial charge on any atom is 0.253 e. The van der Waals surface area contributed by atoms with E-state index < -0.39 is 0 Å². The average Bonchev–Trinajstić information content (AvgIpc) is 2.68. The first-order chi connectivity index (χ1) is 12.2. The first-order valence-corrected chi connectivity index (χ1v) is 7.88. The summed E-state index contributed by atoms with van der Waals surface area (Å²) in [6.07, 6.45) is 4.25. The maximum atomic E-state index is 12.6. The van der Waals surface area contributed by atoms with E-state index in [9.17, 15) is 4.79 Å². The molecule has 25 heavy (non-hydrogen) atoms. The molecule has 2 heterocycles.